The van der Waals surface area contributed by atoms with Crippen molar-refractivity contribution in [2.24, 2.45) is 0 Å². The maximum atomic E-state index is 15.1. The van der Waals surface area contributed by atoms with Crippen molar-refractivity contribution < 1.29 is 31.8 Å². The quantitative estimate of drug-likeness (QED) is 0.134. The van der Waals surface area contributed by atoms with E-state index in [4.69, 9.17) is 4.52 Å². The number of alkyl halides is 3. The Labute approximate surface area is 240 Å². The van der Waals surface area contributed by atoms with E-state index in [9.17, 15) is 28.1 Å². The molecule has 222 valence electrons. The molecule has 0 saturated heterocycles. The first-order valence-electron chi connectivity index (χ1n) is 12.8. The number of fused-ring (bicyclic) bond motifs is 1. The Bertz CT molecular complexity index is 1860. The molecular formula is C28H23F4N7O4. The average molecular weight is 598 g/mol. The third-order valence-corrected chi connectivity index (χ3v) is 6.46. The molecule has 0 aliphatic carbocycles. The first kappa shape index (κ1) is 29.3. The first-order valence-corrected chi connectivity index (χ1v) is 12.8. The Morgan fingerprint density at radius 2 is 1.84 bits per heavy atom. The van der Waals surface area contributed by atoms with Gasteiger partial charge >= 0.3 is 6.18 Å². The molecule has 0 atom stereocenters. The number of hydrogen-bond acceptors (Lipinski definition) is 8. The molecule has 5 rings (SSSR count). The van der Waals surface area contributed by atoms with Crippen molar-refractivity contribution in [3.05, 3.63) is 87.4 Å². The minimum atomic E-state index is -4.74. The highest BCUT2D eigenvalue weighted by Gasteiger charge is 2.33. The summed E-state index contributed by atoms with van der Waals surface area (Å²) < 4.78 is 60.2. The van der Waals surface area contributed by atoms with E-state index in [2.05, 4.69) is 30.4 Å². The number of aromatic amines is 1. The zero-order valence-electron chi connectivity index (χ0n) is 22.9. The van der Waals surface area contributed by atoms with Crippen molar-refractivity contribution in [1.29, 1.82) is 0 Å². The molecular weight excluding hydrogens is 574 g/mol. The van der Waals surface area contributed by atoms with Crippen LogP contribution in [0.1, 0.15) is 43.6 Å². The minimum Gasteiger partial charge on any atom is -0.351 e. The van der Waals surface area contributed by atoms with Gasteiger partial charge in [0.15, 0.2) is 11.5 Å². The van der Waals surface area contributed by atoms with Crippen LogP contribution in [0.5, 0.6) is 0 Å². The molecule has 1 amide bonds. The Morgan fingerprint density at radius 1 is 1.07 bits per heavy atom. The smallest absolute Gasteiger partial charge is 0.351 e. The van der Waals surface area contributed by atoms with Crippen LogP contribution in [0.25, 0.3) is 33.7 Å². The van der Waals surface area contributed by atoms with Gasteiger partial charge in [-0.25, -0.2) is 14.4 Å². The fourth-order valence-corrected chi connectivity index (χ4v) is 4.22. The molecule has 11 nitrogen and oxygen atoms in total. The van der Waals surface area contributed by atoms with Crippen LogP contribution in [-0.2, 0) is 29.4 Å². The van der Waals surface area contributed by atoms with E-state index in [1.807, 2.05) is 20.8 Å². The van der Waals surface area contributed by atoms with E-state index in [1.165, 1.54) is 24.4 Å². The monoisotopic (exact) mass is 597 g/mol. The molecule has 3 aromatic heterocycles. The van der Waals surface area contributed by atoms with Crippen LogP contribution in [-0.4, -0.2) is 35.9 Å². The first-order chi connectivity index (χ1) is 20.2. The summed E-state index contributed by atoms with van der Waals surface area (Å²) in [4.78, 5) is 38.4. The maximum Gasteiger partial charge on any atom is 0.416 e. The number of aromatic nitrogens is 5. The molecule has 0 saturated carbocycles. The zero-order valence-corrected chi connectivity index (χ0v) is 22.9. The Hall–Kier alpha value is -5.21. The highest BCUT2D eigenvalue weighted by Crippen LogP contribution is 2.37. The number of pyridine rings is 1. The van der Waals surface area contributed by atoms with Gasteiger partial charge in [-0.15, -0.1) is 0 Å². The van der Waals surface area contributed by atoms with Crippen LogP contribution >= 0.6 is 0 Å². The number of amides is 1. The number of nitro groups is 1. The second kappa shape index (κ2) is 10.9. The highest BCUT2D eigenvalue weighted by atomic mass is 19.4. The molecule has 15 heteroatoms. The number of rotatable bonds is 7. The number of nitrogens with one attached hydrogen (secondary N) is 2. The second-order valence-electron chi connectivity index (χ2n) is 10.7. The number of hydrogen-bond donors (Lipinski definition) is 2. The van der Waals surface area contributed by atoms with Gasteiger partial charge in [0, 0.05) is 35.3 Å². The van der Waals surface area contributed by atoms with Crippen LogP contribution in [0.3, 0.4) is 0 Å². The largest absolute Gasteiger partial charge is 0.416 e. The van der Waals surface area contributed by atoms with Gasteiger partial charge < -0.3 is 14.8 Å². The van der Waals surface area contributed by atoms with Gasteiger partial charge in [-0.05, 0) is 29.8 Å². The lowest BCUT2D eigenvalue weighted by molar-refractivity contribution is -0.384. The standard InChI is InChI=1S/C28H23F4N7O4/c1-27(2,3)26-35-22(43-38-26)12-21(40)34-13-15-5-4-14(10-19(15)29)17-8-9-33-25-23(17)36-24(37-25)18-11-16(28(30,31)32)6-7-20(18)39(41)42/h4-11H,12-13H2,1-3H3,(H,34,40)(H,33,36,37). The van der Waals surface area contributed by atoms with Crippen LogP contribution in [0.15, 0.2) is 53.2 Å². The molecule has 2 N–H and O–H groups in total. The van der Waals surface area contributed by atoms with Crippen LogP contribution < -0.4 is 5.32 Å². The highest BCUT2D eigenvalue weighted by molar-refractivity contribution is 5.92. The van der Waals surface area contributed by atoms with Gasteiger partial charge in [-0.2, -0.15) is 18.2 Å². The van der Waals surface area contributed by atoms with E-state index in [0.29, 0.717) is 29.1 Å². The third-order valence-electron chi connectivity index (χ3n) is 6.46. The Balaban J connectivity index is 1.38. The van der Waals surface area contributed by atoms with Crippen LogP contribution in [0.2, 0.25) is 0 Å². The van der Waals surface area contributed by atoms with Crippen LogP contribution in [0, 0.1) is 15.9 Å². The number of H-pyrrole nitrogens is 1. The summed E-state index contributed by atoms with van der Waals surface area (Å²) in [5.74, 6) is -0.696. The average Bonchev–Trinajstić information content (AvgIpc) is 3.59. The van der Waals surface area contributed by atoms with Gasteiger partial charge in [-0.1, -0.05) is 38.1 Å². The molecule has 0 aliphatic rings. The number of nitrogens with zero attached hydrogens (tertiary/aromatic N) is 5. The molecule has 43 heavy (non-hydrogen) atoms. The van der Waals surface area contributed by atoms with E-state index in [1.54, 1.807) is 6.07 Å². The van der Waals surface area contributed by atoms with E-state index in [-0.39, 0.29) is 52.4 Å². The predicted octanol–water partition coefficient (Wildman–Crippen LogP) is 5.90. The van der Waals surface area contributed by atoms with Gasteiger partial charge in [0.05, 0.1) is 21.6 Å². The summed E-state index contributed by atoms with van der Waals surface area (Å²) >= 11 is 0. The number of nitro benzene ring substituents is 1. The fourth-order valence-electron chi connectivity index (χ4n) is 4.22. The molecule has 0 unspecified atom stereocenters. The lowest BCUT2D eigenvalue weighted by atomic mass is 9.96. The molecule has 0 radical (unpaired) electrons. The lowest BCUT2D eigenvalue weighted by Crippen LogP contribution is -2.25. The predicted molar refractivity (Wildman–Crippen MR) is 145 cm³/mol. The van der Waals surface area contributed by atoms with Crippen molar-refractivity contribution in [2.45, 2.75) is 45.3 Å². The van der Waals surface area contributed by atoms with Crippen molar-refractivity contribution in [2.75, 3.05) is 0 Å². The van der Waals surface area contributed by atoms with Crippen molar-refractivity contribution in [3.63, 3.8) is 0 Å². The number of benzene rings is 2. The van der Waals surface area contributed by atoms with E-state index in [0.717, 1.165) is 6.07 Å². The number of imidazole rings is 1. The van der Waals surface area contributed by atoms with Gasteiger partial charge in [0.25, 0.3) is 5.69 Å². The maximum absolute atomic E-state index is 15.1. The topological polar surface area (TPSA) is 153 Å². The molecule has 5 aromatic rings. The lowest BCUT2D eigenvalue weighted by Gasteiger charge is -2.10. The van der Waals surface area contributed by atoms with Crippen molar-refractivity contribution in [3.8, 4) is 22.5 Å². The molecule has 0 fully saturated rings. The summed E-state index contributed by atoms with van der Waals surface area (Å²) in [6.45, 7) is 5.58. The second-order valence-corrected chi connectivity index (χ2v) is 10.7. The molecule has 0 bridgehead atoms. The van der Waals surface area contributed by atoms with Gasteiger partial charge in [0.1, 0.15) is 18.1 Å². The summed E-state index contributed by atoms with van der Waals surface area (Å²) in [5.41, 5.74) is -1.14. The molecule has 0 aliphatic heterocycles. The van der Waals surface area contributed by atoms with Gasteiger partial charge in [0.2, 0.25) is 11.8 Å². The summed E-state index contributed by atoms with van der Waals surface area (Å²) in [7, 11) is 0. The molecule has 0 spiro atoms. The van der Waals surface area contributed by atoms with E-state index >= 15 is 4.39 Å². The summed E-state index contributed by atoms with van der Waals surface area (Å²) in [5, 5.41) is 18.0. The molecule has 2 aromatic carbocycles. The van der Waals surface area contributed by atoms with Crippen LogP contribution in [0.4, 0.5) is 23.2 Å². The third kappa shape index (κ3) is 6.19. The molecule has 3 heterocycles. The Morgan fingerprint density at radius 3 is 2.49 bits per heavy atom. The summed E-state index contributed by atoms with van der Waals surface area (Å²) in [6, 6.07) is 7.83. The minimum absolute atomic E-state index is 0.0617. The fraction of sp³-hybridized carbons (Fsp3) is 0.250. The van der Waals surface area contributed by atoms with E-state index < -0.39 is 34.1 Å². The van der Waals surface area contributed by atoms with Gasteiger partial charge in [-0.3, -0.25) is 14.9 Å². The van der Waals surface area contributed by atoms with Crippen molar-refractivity contribution >= 4 is 22.8 Å². The number of carbonyl (C=O) groups is 1. The Kier molecular flexibility index (Phi) is 7.42. The number of carbonyl (C=O) groups excluding carboxylic acids is 1. The number of halogens is 4. The SMILES string of the molecule is CC(C)(C)c1noc(CC(=O)NCc2ccc(-c3ccnc4nc(-c5cc(C(F)(F)F)ccc5[N+](=O)[O-])[nH]c34)cc2F)n1. The van der Waals surface area contributed by atoms with Crippen molar-refractivity contribution in [1.82, 2.24) is 30.4 Å². The normalized spacial score (nSPS) is 12.1. The summed E-state index contributed by atoms with van der Waals surface area (Å²) in [6.07, 6.45) is -3.54. The zero-order chi connectivity index (χ0) is 31.1.